The molecule has 4 heteroatoms. The molecule has 0 aliphatic rings. The lowest BCUT2D eigenvalue weighted by atomic mass is 10.0. The van der Waals surface area contributed by atoms with Crippen molar-refractivity contribution < 1.29 is 13.5 Å². The monoisotopic (exact) mass is 255 g/mol. The molecule has 0 bridgehead atoms. The first-order chi connectivity index (χ1) is 8.67. The summed E-state index contributed by atoms with van der Waals surface area (Å²) in [5, 5.41) is 3.21. The molecule has 0 heterocycles. The molecule has 1 aromatic carbocycles. The maximum Gasteiger partial charge on any atom is 0.387 e. The van der Waals surface area contributed by atoms with E-state index >= 15 is 0 Å². The van der Waals surface area contributed by atoms with Crippen molar-refractivity contribution in [2.24, 2.45) is 0 Å². The van der Waals surface area contributed by atoms with Crippen molar-refractivity contribution in [1.29, 1.82) is 0 Å². The van der Waals surface area contributed by atoms with Crippen molar-refractivity contribution >= 4 is 0 Å². The number of alkyl halides is 2. The van der Waals surface area contributed by atoms with E-state index in [9.17, 15) is 8.78 Å². The quantitative estimate of drug-likeness (QED) is 0.562. The molecule has 0 spiro atoms. The van der Waals surface area contributed by atoms with Crippen LogP contribution in [0.25, 0.3) is 0 Å². The van der Waals surface area contributed by atoms with Crippen LogP contribution in [0.4, 0.5) is 8.78 Å². The van der Waals surface area contributed by atoms with Crippen molar-refractivity contribution in [3.8, 4) is 5.75 Å². The standard InChI is InChI=1S/C14H19F2NO/c1-3-4-5-6-13(17-2)11-7-9-12(10-8-11)18-14(15)16/h3,7-10,13-14,17H,1,4-6H2,2H3. The minimum Gasteiger partial charge on any atom is -0.435 e. The van der Waals surface area contributed by atoms with Crippen LogP contribution in [0.15, 0.2) is 36.9 Å². The van der Waals surface area contributed by atoms with Gasteiger partial charge in [0.05, 0.1) is 0 Å². The molecule has 0 radical (unpaired) electrons. The number of unbranched alkanes of at least 4 members (excludes halogenated alkanes) is 1. The number of rotatable bonds is 8. The predicted octanol–water partition coefficient (Wildman–Crippen LogP) is 3.90. The molecule has 18 heavy (non-hydrogen) atoms. The fourth-order valence-electron chi connectivity index (χ4n) is 1.83. The second-order valence-corrected chi connectivity index (χ2v) is 4.01. The highest BCUT2D eigenvalue weighted by atomic mass is 19.3. The Morgan fingerprint density at radius 2 is 2.00 bits per heavy atom. The Morgan fingerprint density at radius 3 is 2.50 bits per heavy atom. The van der Waals surface area contributed by atoms with Crippen LogP contribution in [0.3, 0.4) is 0 Å². The van der Waals surface area contributed by atoms with Crippen molar-refractivity contribution in [3.63, 3.8) is 0 Å². The Kier molecular flexibility index (Phi) is 6.36. The summed E-state index contributed by atoms with van der Waals surface area (Å²) < 4.78 is 28.3. The summed E-state index contributed by atoms with van der Waals surface area (Å²) in [7, 11) is 1.89. The normalized spacial score (nSPS) is 12.4. The number of benzene rings is 1. The molecule has 0 saturated carbocycles. The van der Waals surface area contributed by atoms with Crippen molar-refractivity contribution in [3.05, 3.63) is 42.5 Å². The van der Waals surface area contributed by atoms with E-state index in [-0.39, 0.29) is 11.8 Å². The van der Waals surface area contributed by atoms with Gasteiger partial charge in [0.15, 0.2) is 0 Å². The van der Waals surface area contributed by atoms with Crippen LogP contribution in [-0.2, 0) is 0 Å². The number of ether oxygens (including phenoxy) is 1. The van der Waals surface area contributed by atoms with E-state index in [1.54, 1.807) is 12.1 Å². The van der Waals surface area contributed by atoms with E-state index in [0.717, 1.165) is 24.8 Å². The maximum absolute atomic E-state index is 12.0. The van der Waals surface area contributed by atoms with Crippen LogP contribution in [-0.4, -0.2) is 13.7 Å². The lowest BCUT2D eigenvalue weighted by molar-refractivity contribution is -0.0498. The Balaban J connectivity index is 2.60. The van der Waals surface area contributed by atoms with Crippen LogP contribution >= 0.6 is 0 Å². The van der Waals surface area contributed by atoms with Gasteiger partial charge in [-0.25, -0.2) is 0 Å². The van der Waals surface area contributed by atoms with E-state index in [2.05, 4.69) is 16.6 Å². The van der Waals surface area contributed by atoms with Crippen LogP contribution in [0.2, 0.25) is 0 Å². The van der Waals surface area contributed by atoms with Gasteiger partial charge < -0.3 is 10.1 Å². The first kappa shape index (κ1) is 14.6. The second-order valence-electron chi connectivity index (χ2n) is 4.01. The molecule has 0 aromatic heterocycles. The summed E-state index contributed by atoms with van der Waals surface area (Å²) in [4.78, 5) is 0. The minimum atomic E-state index is -2.77. The van der Waals surface area contributed by atoms with Gasteiger partial charge in [-0.15, -0.1) is 6.58 Å². The fourth-order valence-corrected chi connectivity index (χ4v) is 1.83. The van der Waals surface area contributed by atoms with E-state index < -0.39 is 6.61 Å². The third-order valence-electron chi connectivity index (χ3n) is 2.76. The largest absolute Gasteiger partial charge is 0.435 e. The van der Waals surface area contributed by atoms with E-state index in [1.165, 1.54) is 0 Å². The van der Waals surface area contributed by atoms with Crippen molar-refractivity contribution in [1.82, 2.24) is 5.32 Å². The van der Waals surface area contributed by atoms with Gasteiger partial charge >= 0.3 is 6.61 Å². The van der Waals surface area contributed by atoms with Gasteiger partial charge in [0.1, 0.15) is 5.75 Å². The first-order valence-corrected chi connectivity index (χ1v) is 6.00. The minimum absolute atomic E-state index is 0.190. The van der Waals surface area contributed by atoms with Gasteiger partial charge in [0, 0.05) is 6.04 Å². The number of nitrogens with one attached hydrogen (secondary N) is 1. The van der Waals surface area contributed by atoms with E-state index in [1.807, 2.05) is 25.3 Å². The molecular weight excluding hydrogens is 236 g/mol. The zero-order valence-electron chi connectivity index (χ0n) is 10.5. The summed E-state index contributed by atoms with van der Waals surface area (Å²) in [6, 6.07) is 6.99. The van der Waals surface area contributed by atoms with Gasteiger partial charge in [-0.3, -0.25) is 0 Å². The van der Waals surface area contributed by atoms with Gasteiger partial charge in [0.25, 0.3) is 0 Å². The van der Waals surface area contributed by atoms with Gasteiger partial charge in [-0.2, -0.15) is 8.78 Å². The Morgan fingerprint density at radius 1 is 1.33 bits per heavy atom. The topological polar surface area (TPSA) is 21.3 Å². The number of halogens is 2. The van der Waals surface area contributed by atoms with Gasteiger partial charge in [-0.1, -0.05) is 18.2 Å². The highest BCUT2D eigenvalue weighted by molar-refractivity contribution is 5.29. The molecule has 0 aliphatic heterocycles. The molecular formula is C14H19F2NO. The third kappa shape index (κ3) is 4.84. The predicted molar refractivity (Wildman–Crippen MR) is 68.9 cm³/mol. The summed E-state index contributed by atoms with van der Waals surface area (Å²) in [6.45, 7) is 0.913. The second kappa shape index (κ2) is 7.82. The fraction of sp³-hybridized carbons (Fsp3) is 0.429. The van der Waals surface area contributed by atoms with E-state index in [0.29, 0.717) is 0 Å². The number of allylic oxidation sites excluding steroid dienone is 1. The summed E-state index contributed by atoms with van der Waals surface area (Å²) in [5.74, 6) is 0.190. The molecule has 1 unspecified atom stereocenters. The smallest absolute Gasteiger partial charge is 0.387 e. The zero-order valence-corrected chi connectivity index (χ0v) is 10.5. The SMILES string of the molecule is C=CCCCC(NC)c1ccc(OC(F)F)cc1. The van der Waals surface area contributed by atoms with Gasteiger partial charge in [0.2, 0.25) is 0 Å². The average Bonchev–Trinajstić information content (AvgIpc) is 2.35. The Hall–Kier alpha value is -1.42. The van der Waals surface area contributed by atoms with Crippen molar-refractivity contribution in [2.45, 2.75) is 31.9 Å². The summed E-state index contributed by atoms with van der Waals surface area (Å²) in [6.07, 6.45) is 4.90. The third-order valence-corrected chi connectivity index (χ3v) is 2.76. The molecule has 100 valence electrons. The van der Waals surface area contributed by atoms with Crippen molar-refractivity contribution in [2.75, 3.05) is 7.05 Å². The molecule has 1 atom stereocenters. The molecule has 1 rings (SSSR count). The number of hydrogen-bond acceptors (Lipinski definition) is 2. The van der Waals surface area contributed by atoms with Crippen LogP contribution in [0.5, 0.6) is 5.75 Å². The van der Waals surface area contributed by atoms with Crippen LogP contribution in [0, 0.1) is 0 Å². The Labute approximate surface area is 107 Å². The average molecular weight is 255 g/mol. The summed E-state index contributed by atoms with van der Waals surface area (Å²) >= 11 is 0. The lowest BCUT2D eigenvalue weighted by Gasteiger charge is -2.16. The lowest BCUT2D eigenvalue weighted by Crippen LogP contribution is -2.16. The van der Waals surface area contributed by atoms with Crippen LogP contribution in [0.1, 0.15) is 30.9 Å². The molecule has 1 aromatic rings. The molecule has 0 fully saturated rings. The zero-order chi connectivity index (χ0) is 13.4. The Bertz CT molecular complexity index is 351. The highest BCUT2D eigenvalue weighted by Crippen LogP contribution is 2.22. The molecule has 0 saturated heterocycles. The first-order valence-electron chi connectivity index (χ1n) is 6.00. The van der Waals surface area contributed by atoms with Gasteiger partial charge in [-0.05, 0) is 44.0 Å². The molecule has 2 nitrogen and oxygen atoms in total. The maximum atomic E-state index is 12.0. The van der Waals surface area contributed by atoms with E-state index in [4.69, 9.17) is 0 Å². The highest BCUT2D eigenvalue weighted by Gasteiger charge is 2.09. The number of hydrogen-bond donors (Lipinski definition) is 1. The molecule has 0 amide bonds. The van der Waals surface area contributed by atoms with Crippen LogP contribution < -0.4 is 10.1 Å². The molecule has 0 aliphatic carbocycles. The summed E-state index contributed by atoms with van der Waals surface area (Å²) in [5.41, 5.74) is 1.07. The molecule has 1 N–H and O–H groups in total.